The van der Waals surface area contributed by atoms with E-state index in [1.54, 1.807) is 36.5 Å². The minimum Gasteiger partial charge on any atom is -0.384 e. The molecule has 3 aromatic rings. The number of aryl methyl sites for hydroxylation is 2. The number of hydrogen-bond acceptors (Lipinski definition) is 9. The summed E-state index contributed by atoms with van der Waals surface area (Å²) in [4.78, 5) is 1.77. The maximum atomic E-state index is 11.4. The van der Waals surface area contributed by atoms with Gasteiger partial charge >= 0.3 is 29.6 Å². The first-order valence-corrected chi connectivity index (χ1v) is 15.5. The fourth-order valence-electron chi connectivity index (χ4n) is 2.27. The van der Waals surface area contributed by atoms with Crippen LogP contribution in [0.4, 0.5) is 0 Å². The first-order valence-electron chi connectivity index (χ1n) is 11.8. The third kappa shape index (κ3) is 26.9. The van der Waals surface area contributed by atoms with Crippen LogP contribution in [-0.2, 0) is 34.5 Å². The van der Waals surface area contributed by atoms with Gasteiger partial charge in [0.1, 0.15) is 13.2 Å². The van der Waals surface area contributed by atoms with Gasteiger partial charge in [0.2, 0.25) is 0 Å². The SMILES string of the molecule is C.C#CCO.C#CCOS(=O)(=O)c1ccc(C)cc1.C=CCOCCc1cn[nH]n1.Cc1ccc(S(=O)(=O)Cl)cc1.[N-]=[N+]=[N-].[Na+]. The Balaban J connectivity index is -0.000000250. The van der Waals surface area contributed by atoms with Crippen molar-refractivity contribution >= 4 is 29.9 Å². The van der Waals surface area contributed by atoms with Gasteiger partial charge in [-0.25, -0.2) is 8.42 Å². The molecular formula is C28H36ClN6NaO7S2. The van der Waals surface area contributed by atoms with E-state index >= 15 is 0 Å². The molecule has 0 fully saturated rings. The summed E-state index contributed by atoms with van der Waals surface area (Å²) in [5.41, 5.74) is 16.4. The number of rotatable bonds is 9. The molecule has 0 saturated heterocycles. The number of terminal acetylenes is 2. The van der Waals surface area contributed by atoms with Crippen molar-refractivity contribution in [3.05, 3.63) is 100 Å². The monoisotopic (exact) mass is 690 g/mol. The predicted molar refractivity (Wildman–Crippen MR) is 171 cm³/mol. The number of aromatic amines is 1. The summed E-state index contributed by atoms with van der Waals surface area (Å²) in [5, 5.41) is 17.7. The van der Waals surface area contributed by atoms with E-state index in [0.29, 0.717) is 13.2 Å². The number of H-pyrrole nitrogens is 1. The summed E-state index contributed by atoms with van der Waals surface area (Å²) in [5.74, 6) is 4.09. The van der Waals surface area contributed by atoms with Gasteiger partial charge in [-0.05, 0) is 38.1 Å². The number of ether oxygens (including phenoxy) is 1. The predicted octanol–water partition coefficient (Wildman–Crippen LogP) is 1.92. The summed E-state index contributed by atoms with van der Waals surface area (Å²) in [7, 11) is -2.15. The third-order valence-electron chi connectivity index (χ3n) is 4.20. The van der Waals surface area contributed by atoms with Gasteiger partial charge in [-0.15, -0.1) is 19.4 Å². The largest absolute Gasteiger partial charge is 1.00 e. The Morgan fingerprint density at radius 2 is 1.49 bits per heavy atom. The topological polar surface area (TPSA) is 207 Å². The van der Waals surface area contributed by atoms with E-state index in [0.717, 1.165) is 23.2 Å². The van der Waals surface area contributed by atoms with Crippen LogP contribution in [0, 0.1) is 38.5 Å². The van der Waals surface area contributed by atoms with Crippen molar-refractivity contribution in [1.82, 2.24) is 15.4 Å². The molecule has 2 N–H and O–H groups in total. The molecule has 13 nitrogen and oxygen atoms in total. The van der Waals surface area contributed by atoms with E-state index < -0.39 is 19.2 Å². The maximum Gasteiger partial charge on any atom is 1.00 e. The molecule has 45 heavy (non-hydrogen) atoms. The van der Waals surface area contributed by atoms with Gasteiger partial charge < -0.3 is 20.9 Å². The Labute approximate surface area is 292 Å². The van der Waals surface area contributed by atoms with Gasteiger partial charge in [-0.3, -0.25) is 9.09 Å². The van der Waals surface area contributed by atoms with Crippen LogP contribution in [0.25, 0.3) is 16.0 Å². The van der Waals surface area contributed by atoms with Crippen molar-refractivity contribution in [1.29, 1.82) is 0 Å². The van der Waals surface area contributed by atoms with E-state index in [4.69, 9.17) is 38.0 Å². The molecule has 2 aromatic carbocycles. The van der Waals surface area contributed by atoms with Crippen LogP contribution in [0.15, 0.2) is 77.2 Å². The Morgan fingerprint density at radius 3 is 1.84 bits per heavy atom. The van der Waals surface area contributed by atoms with Gasteiger partial charge in [-0.2, -0.15) is 23.8 Å². The second kappa shape index (κ2) is 29.5. The van der Waals surface area contributed by atoms with Crippen LogP contribution in [0.2, 0.25) is 0 Å². The Morgan fingerprint density at radius 1 is 1.02 bits per heavy atom. The van der Waals surface area contributed by atoms with Gasteiger partial charge in [0.05, 0.1) is 34.9 Å². The molecular weight excluding hydrogens is 655 g/mol. The quantitative estimate of drug-likeness (QED) is 0.0386. The molecule has 1 heterocycles. The van der Waals surface area contributed by atoms with Crippen LogP contribution in [-0.4, -0.2) is 63.8 Å². The van der Waals surface area contributed by atoms with E-state index in [1.807, 2.05) is 19.8 Å². The average Bonchev–Trinajstić information content (AvgIpc) is 3.49. The van der Waals surface area contributed by atoms with Crippen molar-refractivity contribution < 1.29 is 60.4 Å². The molecule has 0 atom stereocenters. The Bertz CT molecular complexity index is 1520. The molecule has 0 aliphatic carbocycles. The number of nitrogens with one attached hydrogen (secondary N) is 1. The van der Waals surface area contributed by atoms with Crippen LogP contribution >= 0.6 is 10.7 Å². The van der Waals surface area contributed by atoms with E-state index in [9.17, 15) is 16.8 Å². The number of nitrogens with zero attached hydrogens (tertiary/aromatic N) is 5. The summed E-state index contributed by atoms with van der Waals surface area (Å²) in [6, 6.07) is 12.8. The molecule has 0 radical (unpaired) electrons. The Hall–Kier alpha value is -3.18. The van der Waals surface area contributed by atoms with E-state index in [2.05, 4.69) is 38.5 Å². The molecule has 3 rings (SSSR count). The van der Waals surface area contributed by atoms with Crippen molar-refractivity contribution in [2.24, 2.45) is 0 Å². The molecule has 0 aliphatic rings. The Kier molecular flexibility index (Phi) is 32.0. The molecule has 0 unspecified atom stereocenters. The number of benzene rings is 2. The molecule has 0 spiro atoms. The second-order valence-electron chi connectivity index (χ2n) is 7.51. The molecule has 0 bridgehead atoms. The molecule has 0 aliphatic heterocycles. The minimum atomic E-state index is -3.68. The van der Waals surface area contributed by atoms with Gasteiger partial charge in [0.25, 0.3) is 19.2 Å². The first kappa shape index (κ1) is 48.7. The van der Waals surface area contributed by atoms with Gasteiger partial charge in [0, 0.05) is 17.1 Å². The van der Waals surface area contributed by atoms with Crippen LogP contribution in [0.3, 0.4) is 0 Å². The maximum absolute atomic E-state index is 11.4. The van der Waals surface area contributed by atoms with Crippen LogP contribution in [0.5, 0.6) is 0 Å². The summed E-state index contributed by atoms with van der Waals surface area (Å²) < 4.78 is 53.9. The molecule has 0 amide bonds. The fraction of sp³-hybridized carbons (Fsp3) is 0.286. The normalized spacial score (nSPS) is 9.20. The van der Waals surface area contributed by atoms with E-state index in [1.165, 1.54) is 29.2 Å². The molecule has 240 valence electrons. The molecule has 17 heteroatoms. The van der Waals surface area contributed by atoms with Crippen LogP contribution < -0.4 is 29.6 Å². The zero-order valence-electron chi connectivity index (χ0n) is 24.5. The van der Waals surface area contributed by atoms with Gasteiger partial charge in [-0.1, -0.05) is 60.7 Å². The molecule has 0 saturated carbocycles. The summed E-state index contributed by atoms with van der Waals surface area (Å²) >= 11 is 0. The van der Waals surface area contributed by atoms with Crippen LogP contribution in [0.1, 0.15) is 24.2 Å². The summed E-state index contributed by atoms with van der Waals surface area (Å²) in [6.45, 7) is 8.16. The van der Waals surface area contributed by atoms with Gasteiger partial charge in [0.15, 0.2) is 0 Å². The second-order valence-corrected chi connectivity index (χ2v) is 11.7. The zero-order valence-corrected chi connectivity index (χ0v) is 28.9. The van der Waals surface area contributed by atoms with Crippen molar-refractivity contribution in [3.63, 3.8) is 0 Å². The number of aromatic nitrogens is 3. The standard InChI is InChI=1S/C10H10O3S.C7H7ClO2S.C7H11N3O.C3H4O.CH4.N3.Na/c1-3-8-13-14(11,12)10-6-4-9(2)5-7-10;1-6-2-4-7(5-3-6)11(8,9)10;1-2-4-11-5-3-7-6-8-10-9-7;1-2-3-4;;1-3-2;/h1,4-7H,8H2,2H3;2-5H,1H3;2,6H,1,3-5H2,(H,8,9,10);1,4H,3H2;1H4;;/q;;;;;-1;+1. The van der Waals surface area contributed by atoms with E-state index in [-0.39, 0.29) is 60.0 Å². The number of halogens is 1. The smallest absolute Gasteiger partial charge is 0.384 e. The molecule has 1 aromatic heterocycles. The fourth-order valence-corrected chi connectivity index (χ4v) is 3.87. The van der Waals surface area contributed by atoms with Crippen molar-refractivity contribution in [3.8, 4) is 24.7 Å². The average molecular weight is 691 g/mol. The van der Waals surface area contributed by atoms with Crippen molar-refractivity contribution in [2.75, 3.05) is 26.4 Å². The minimum absolute atomic E-state index is 0. The zero-order chi connectivity index (χ0) is 33.2. The summed E-state index contributed by atoms with van der Waals surface area (Å²) in [6.07, 6.45) is 13.6. The first-order chi connectivity index (χ1) is 20.3. The van der Waals surface area contributed by atoms with Crippen molar-refractivity contribution in [2.45, 2.75) is 37.5 Å². The number of aliphatic hydroxyl groups excluding tert-OH is 1. The number of hydrogen-bond donors (Lipinski definition) is 2. The number of aliphatic hydroxyl groups is 1. The third-order valence-corrected chi connectivity index (χ3v) is 6.85.